The maximum absolute atomic E-state index is 14.0. The highest BCUT2D eigenvalue weighted by molar-refractivity contribution is 7.81. The molecule has 1 aliphatic carbocycles. The van der Waals surface area contributed by atoms with Crippen molar-refractivity contribution in [1.82, 2.24) is 20.1 Å². The van der Waals surface area contributed by atoms with E-state index in [9.17, 15) is 37.6 Å². The molecule has 1 aromatic heterocycles. The number of nitrogens with one attached hydrogen (secondary N) is 3. The second-order valence-corrected chi connectivity index (χ2v) is 16.5. The van der Waals surface area contributed by atoms with Crippen LogP contribution in [0.2, 0.25) is 0 Å². The van der Waals surface area contributed by atoms with Crippen LogP contribution in [0, 0.1) is 11.3 Å². The third-order valence-electron chi connectivity index (χ3n) is 12.5. The number of aromatic nitrogens is 1. The fourth-order valence-corrected chi connectivity index (χ4v) is 9.83. The lowest BCUT2D eigenvalue weighted by Gasteiger charge is -2.51. The number of aryl methyl sites for hydroxylation is 1. The third-order valence-corrected chi connectivity index (χ3v) is 12.9. The number of nitrogens with zero attached hydrogens (tertiary/aromatic N) is 6. The summed E-state index contributed by atoms with van der Waals surface area (Å²) in [5.74, 6) is -0.399. The number of thiol groups is 1. The van der Waals surface area contributed by atoms with E-state index in [1.165, 1.54) is 11.0 Å². The summed E-state index contributed by atoms with van der Waals surface area (Å²) in [6.45, 7) is 5.00. The van der Waals surface area contributed by atoms with Crippen molar-refractivity contribution in [2.24, 2.45) is 0 Å². The Morgan fingerprint density at radius 1 is 1.03 bits per heavy atom. The van der Waals surface area contributed by atoms with Gasteiger partial charge in [0.25, 0.3) is 5.91 Å². The monoisotopic (exact) mass is 845 g/mol. The van der Waals surface area contributed by atoms with Crippen molar-refractivity contribution in [3.63, 3.8) is 0 Å². The molecule has 6 aliphatic rings. The summed E-state index contributed by atoms with van der Waals surface area (Å²) < 4.78 is 47.9. The number of benzene rings is 2. The number of anilines is 4. The summed E-state index contributed by atoms with van der Waals surface area (Å²) in [6, 6.07) is 15.2. The first-order valence-electron chi connectivity index (χ1n) is 20.3. The molecular formula is C42H46F3N9O5S. The van der Waals surface area contributed by atoms with Crippen molar-refractivity contribution in [3.05, 3.63) is 71.5 Å². The molecule has 18 heteroatoms. The van der Waals surface area contributed by atoms with E-state index in [-0.39, 0.29) is 54.4 Å². The molecule has 1 unspecified atom stereocenters. The lowest BCUT2D eigenvalue weighted by molar-refractivity contribution is -0.138. The zero-order valence-electron chi connectivity index (χ0n) is 33.0. The van der Waals surface area contributed by atoms with Gasteiger partial charge in [0.1, 0.15) is 30.0 Å². The minimum atomic E-state index is -4.83. The average Bonchev–Trinajstić information content (AvgIpc) is 3.45. The first kappa shape index (κ1) is 41.4. The minimum absolute atomic E-state index is 0.0718. The van der Waals surface area contributed by atoms with E-state index in [0.717, 1.165) is 50.2 Å². The molecule has 4 amide bonds. The van der Waals surface area contributed by atoms with E-state index in [2.05, 4.69) is 30.7 Å². The zero-order chi connectivity index (χ0) is 42.3. The molecule has 14 nitrogen and oxygen atoms in total. The molecule has 1 spiro atoms. The number of carbonyl (C=O) groups excluding carboxylic acids is 4. The zero-order valence-corrected chi connectivity index (χ0v) is 33.9. The number of alkyl halides is 3. The molecule has 316 valence electrons. The second kappa shape index (κ2) is 16.6. The summed E-state index contributed by atoms with van der Waals surface area (Å²) in [4.78, 5) is 62.4. The van der Waals surface area contributed by atoms with Gasteiger partial charge in [0.2, 0.25) is 17.7 Å². The second-order valence-electron chi connectivity index (χ2n) is 16.1. The van der Waals surface area contributed by atoms with Gasteiger partial charge in [0, 0.05) is 55.2 Å². The molecule has 3 aromatic rings. The molecular weight excluding hydrogens is 800 g/mol. The SMILES string of the molecule is CCc1cc(N2[C@H](S)N(c3cnc(C#N)c(C(F)(F)F)c3)C(=O)C23CCC3)ccc1OCCN1C[C@@H]2CC[C@H]1CN2CC(=O)Nc1cccc(NC2CCC(=O)NC2=O)c1. The molecule has 2 bridgehead atoms. The van der Waals surface area contributed by atoms with Crippen LogP contribution in [0.5, 0.6) is 5.75 Å². The molecule has 2 aromatic carbocycles. The van der Waals surface area contributed by atoms with Crippen LogP contribution in [0.1, 0.15) is 68.7 Å². The number of imide groups is 1. The maximum Gasteiger partial charge on any atom is 0.419 e. The molecule has 5 aliphatic heterocycles. The lowest BCUT2D eigenvalue weighted by Crippen LogP contribution is -2.63. The van der Waals surface area contributed by atoms with E-state index in [1.54, 1.807) is 18.2 Å². The van der Waals surface area contributed by atoms with E-state index in [0.29, 0.717) is 61.6 Å². The number of halogens is 3. The lowest BCUT2D eigenvalue weighted by atomic mass is 9.75. The Hall–Kier alpha value is -5.38. The largest absolute Gasteiger partial charge is 0.492 e. The van der Waals surface area contributed by atoms with Gasteiger partial charge in [0.15, 0.2) is 11.2 Å². The Morgan fingerprint density at radius 3 is 2.45 bits per heavy atom. The summed E-state index contributed by atoms with van der Waals surface area (Å²) in [7, 11) is 0. The third kappa shape index (κ3) is 7.97. The van der Waals surface area contributed by atoms with Gasteiger partial charge in [-0.2, -0.15) is 18.4 Å². The molecule has 6 fully saturated rings. The van der Waals surface area contributed by atoms with Crippen LogP contribution in [-0.2, 0) is 31.8 Å². The van der Waals surface area contributed by atoms with Crippen molar-refractivity contribution >= 4 is 59.0 Å². The van der Waals surface area contributed by atoms with Gasteiger partial charge in [-0.05, 0) is 93.0 Å². The van der Waals surface area contributed by atoms with Crippen molar-refractivity contribution in [1.29, 1.82) is 5.26 Å². The van der Waals surface area contributed by atoms with Crippen LogP contribution < -0.4 is 30.5 Å². The van der Waals surface area contributed by atoms with Crippen LogP contribution in [0.3, 0.4) is 0 Å². The smallest absolute Gasteiger partial charge is 0.419 e. The molecule has 0 radical (unpaired) electrons. The van der Waals surface area contributed by atoms with Crippen LogP contribution in [-0.4, -0.2) is 100 Å². The summed E-state index contributed by atoms with van der Waals surface area (Å²) >= 11 is 4.80. The van der Waals surface area contributed by atoms with Crippen LogP contribution in [0.15, 0.2) is 54.7 Å². The van der Waals surface area contributed by atoms with Crippen molar-refractivity contribution < 1.29 is 37.1 Å². The fourth-order valence-electron chi connectivity index (χ4n) is 9.24. The summed E-state index contributed by atoms with van der Waals surface area (Å²) in [6.07, 6.45) is 1.46. The Balaban J connectivity index is 0.863. The number of rotatable bonds is 12. The molecule has 4 atom stereocenters. The molecule has 1 saturated carbocycles. The minimum Gasteiger partial charge on any atom is -0.492 e. The van der Waals surface area contributed by atoms with Gasteiger partial charge in [-0.15, -0.1) is 12.6 Å². The van der Waals surface area contributed by atoms with Gasteiger partial charge in [-0.1, -0.05) is 13.0 Å². The number of piperazine rings is 1. The van der Waals surface area contributed by atoms with Gasteiger partial charge < -0.3 is 20.3 Å². The molecule has 3 N–H and O–H groups in total. The first-order valence-corrected chi connectivity index (χ1v) is 20.8. The normalized spacial score (nSPS) is 24.0. The van der Waals surface area contributed by atoms with Crippen molar-refractivity contribution in [2.45, 2.75) is 93.6 Å². The summed E-state index contributed by atoms with van der Waals surface area (Å²) in [5, 5.41) is 17.7. The van der Waals surface area contributed by atoms with Gasteiger partial charge in [-0.3, -0.25) is 39.2 Å². The van der Waals surface area contributed by atoms with Crippen molar-refractivity contribution in [3.8, 4) is 11.8 Å². The van der Waals surface area contributed by atoms with Crippen molar-refractivity contribution in [2.75, 3.05) is 53.2 Å². The van der Waals surface area contributed by atoms with E-state index >= 15 is 0 Å². The Labute approximate surface area is 350 Å². The number of nitriles is 1. The Kier molecular flexibility index (Phi) is 11.4. The van der Waals surface area contributed by atoms with E-state index < -0.39 is 34.5 Å². The van der Waals surface area contributed by atoms with E-state index in [1.807, 2.05) is 36.1 Å². The highest BCUT2D eigenvalue weighted by Crippen LogP contribution is 2.51. The van der Waals surface area contributed by atoms with Crippen LogP contribution in [0.4, 0.5) is 35.9 Å². The maximum atomic E-state index is 14.0. The molecule has 6 heterocycles. The number of carbonyl (C=O) groups is 4. The number of fused-ring (bicyclic) bond motifs is 3. The number of pyridine rings is 1. The van der Waals surface area contributed by atoms with Crippen LogP contribution in [0.25, 0.3) is 0 Å². The average molecular weight is 846 g/mol. The predicted octanol–water partition coefficient (Wildman–Crippen LogP) is 4.91. The number of hydrogen-bond donors (Lipinski definition) is 4. The number of ether oxygens (including phenoxy) is 1. The quantitative estimate of drug-likeness (QED) is 0.145. The van der Waals surface area contributed by atoms with E-state index in [4.69, 9.17) is 17.4 Å². The molecule has 9 rings (SSSR count). The Morgan fingerprint density at radius 2 is 1.78 bits per heavy atom. The van der Waals surface area contributed by atoms with Gasteiger partial charge in [-0.25, -0.2) is 4.98 Å². The predicted molar refractivity (Wildman–Crippen MR) is 219 cm³/mol. The Bertz CT molecular complexity index is 2230. The van der Waals surface area contributed by atoms with Gasteiger partial charge in [0.05, 0.1) is 24.0 Å². The topological polar surface area (TPSA) is 163 Å². The highest BCUT2D eigenvalue weighted by atomic mass is 32.1. The van der Waals surface area contributed by atoms with Gasteiger partial charge >= 0.3 is 6.18 Å². The molecule has 60 heavy (non-hydrogen) atoms. The first-order chi connectivity index (χ1) is 28.8. The standard InChI is InChI=1S/C42H46F3N9O5S/c1-2-25-17-28(54-40(60)53(39(58)41(54)13-4-14-41)31-19-32(42(43,44)45)34(20-46)47-21-31)9-11-35(25)59-16-15-51-22-30-8-7-29(51)23-52(30)24-37(56)49-27-6-3-5-26(18-27)48-33-10-12-36(55)50-38(33)57/h3,5-6,9,11,17-19,21,29-30,33,40,48,60H,2,4,7-8,10,12-16,22-24H2,1H3,(H,49,56)(H,50,55,57)/t29-,30-,33?,40+/m0/s1. The fraction of sp³-hybridized carbons (Fsp3) is 0.476. The molecule has 5 saturated heterocycles. The van der Waals surface area contributed by atoms with Crippen LogP contribution >= 0.6 is 12.6 Å². The number of piperidine rings is 3. The highest BCUT2D eigenvalue weighted by Gasteiger charge is 2.60. The summed E-state index contributed by atoms with van der Waals surface area (Å²) in [5.41, 5.74) is -0.986. The number of amides is 4. The number of hydrogen-bond acceptors (Lipinski definition) is 12.